The van der Waals surface area contributed by atoms with E-state index in [-0.39, 0.29) is 11.7 Å². The van der Waals surface area contributed by atoms with Crippen molar-refractivity contribution in [2.45, 2.75) is 13.0 Å². The van der Waals surface area contributed by atoms with Crippen LogP contribution in [0.1, 0.15) is 18.5 Å². The highest BCUT2D eigenvalue weighted by Gasteiger charge is 2.17. The van der Waals surface area contributed by atoms with E-state index < -0.39 is 4.92 Å². The minimum Gasteiger partial charge on any atom is -0.373 e. The molecule has 0 amide bonds. The van der Waals surface area contributed by atoms with E-state index >= 15 is 0 Å². The molecule has 20 heavy (non-hydrogen) atoms. The first kappa shape index (κ1) is 14.8. The Kier molecular flexibility index (Phi) is 4.62. The highest BCUT2D eigenvalue weighted by molar-refractivity contribution is 9.10. The van der Waals surface area contributed by atoms with Crippen LogP contribution in [-0.4, -0.2) is 4.92 Å². The molecule has 0 saturated heterocycles. The van der Waals surface area contributed by atoms with Gasteiger partial charge < -0.3 is 5.32 Å². The zero-order valence-corrected chi connectivity index (χ0v) is 13.0. The van der Waals surface area contributed by atoms with Crippen LogP contribution in [0.5, 0.6) is 0 Å². The minimum atomic E-state index is -0.443. The number of nitrogens with one attached hydrogen (secondary N) is 1. The van der Waals surface area contributed by atoms with Crippen molar-refractivity contribution in [1.29, 1.82) is 0 Å². The SMILES string of the molecule is CC(Nc1ccc(Cl)cc1[N+](=O)[O-])c1ccccc1Br. The van der Waals surface area contributed by atoms with Crippen LogP contribution in [0.2, 0.25) is 5.02 Å². The molecule has 0 saturated carbocycles. The van der Waals surface area contributed by atoms with E-state index in [1.165, 1.54) is 6.07 Å². The van der Waals surface area contributed by atoms with Crippen LogP contribution in [-0.2, 0) is 0 Å². The molecule has 2 aromatic rings. The maximum absolute atomic E-state index is 11.1. The van der Waals surface area contributed by atoms with E-state index in [0.29, 0.717) is 10.7 Å². The Morgan fingerprint density at radius 3 is 2.65 bits per heavy atom. The molecule has 0 aromatic heterocycles. The molecule has 1 N–H and O–H groups in total. The van der Waals surface area contributed by atoms with Crippen LogP contribution >= 0.6 is 27.5 Å². The molecule has 0 fully saturated rings. The molecule has 0 bridgehead atoms. The van der Waals surface area contributed by atoms with Gasteiger partial charge in [-0.15, -0.1) is 0 Å². The van der Waals surface area contributed by atoms with E-state index in [9.17, 15) is 10.1 Å². The van der Waals surface area contributed by atoms with Crippen LogP contribution in [0, 0.1) is 10.1 Å². The van der Waals surface area contributed by atoms with Crippen molar-refractivity contribution < 1.29 is 4.92 Å². The monoisotopic (exact) mass is 354 g/mol. The standard InChI is InChI=1S/C14H12BrClN2O2/c1-9(11-4-2-3-5-12(11)15)17-13-7-6-10(16)8-14(13)18(19)20/h2-9,17H,1H3. The van der Waals surface area contributed by atoms with Crippen molar-refractivity contribution in [1.82, 2.24) is 0 Å². The Labute approximate surface area is 130 Å². The second-order valence-corrected chi connectivity index (χ2v) is 5.60. The molecule has 6 heteroatoms. The molecule has 104 valence electrons. The first-order chi connectivity index (χ1) is 9.49. The van der Waals surface area contributed by atoms with E-state index in [1.807, 2.05) is 31.2 Å². The number of nitro benzene ring substituents is 1. The van der Waals surface area contributed by atoms with Crippen LogP contribution in [0.15, 0.2) is 46.9 Å². The average molecular weight is 356 g/mol. The van der Waals surface area contributed by atoms with Crippen molar-refractivity contribution in [3.63, 3.8) is 0 Å². The predicted molar refractivity (Wildman–Crippen MR) is 84.3 cm³/mol. The number of nitro groups is 1. The van der Waals surface area contributed by atoms with Gasteiger partial charge in [-0.05, 0) is 30.7 Å². The number of nitrogens with zero attached hydrogens (tertiary/aromatic N) is 1. The van der Waals surface area contributed by atoms with Crippen molar-refractivity contribution >= 4 is 38.9 Å². The summed E-state index contributed by atoms with van der Waals surface area (Å²) in [7, 11) is 0. The number of hydrogen-bond acceptors (Lipinski definition) is 3. The van der Waals surface area contributed by atoms with Gasteiger partial charge >= 0.3 is 0 Å². The molecular weight excluding hydrogens is 344 g/mol. The molecule has 0 aliphatic rings. The Bertz CT molecular complexity index is 649. The highest BCUT2D eigenvalue weighted by Crippen LogP contribution is 2.32. The maximum Gasteiger partial charge on any atom is 0.293 e. The van der Waals surface area contributed by atoms with Gasteiger partial charge in [0.2, 0.25) is 0 Å². The fourth-order valence-corrected chi connectivity index (χ4v) is 2.71. The zero-order valence-electron chi connectivity index (χ0n) is 10.6. The number of halogens is 2. The summed E-state index contributed by atoms with van der Waals surface area (Å²) in [5, 5.41) is 14.5. The average Bonchev–Trinajstić information content (AvgIpc) is 2.41. The molecule has 1 unspecified atom stereocenters. The topological polar surface area (TPSA) is 55.2 Å². The van der Waals surface area contributed by atoms with Crippen molar-refractivity contribution in [3.05, 3.63) is 67.6 Å². The summed E-state index contributed by atoms with van der Waals surface area (Å²) in [4.78, 5) is 10.6. The van der Waals surface area contributed by atoms with Crippen LogP contribution in [0.3, 0.4) is 0 Å². The van der Waals surface area contributed by atoms with Gasteiger partial charge in [0.15, 0.2) is 0 Å². The predicted octanol–water partition coefficient (Wildman–Crippen LogP) is 5.18. The van der Waals surface area contributed by atoms with Gasteiger partial charge in [-0.3, -0.25) is 10.1 Å². The van der Waals surface area contributed by atoms with Gasteiger partial charge in [-0.2, -0.15) is 0 Å². The third-order valence-corrected chi connectivity index (χ3v) is 3.86. The second kappa shape index (κ2) is 6.24. The molecule has 0 spiro atoms. The third-order valence-electron chi connectivity index (χ3n) is 2.90. The zero-order chi connectivity index (χ0) is 14.7. The molecular formula is C14H12BrClN2O2. The molecule has 0 aliphatic carbocycles. The summed E-state index contributed by atoms with van der Waals surface area (Å²) in [5.74, 6) is 0. The van der Waals surface area contributed by atoms with Gasteiger partial charge in [-0.1, -0.05) is 45.7 Å². The summed E-state index contributed by atoms with van der Waals surface area (Å²) in [6, 6.07) is 12.3. The fourth-order valence-electron chi connectivity index (χ4n) is 1.92. The summed E-state index contributed by atoms with van der Waals surface area (Å²) in [6.07, 6.45) is 0. The highest BCUT2D eigenvalue weighted by atomic mass is 79.9. The van der Waals surface area contributed by atoms with Gasteiger partial charge in [-0.25, -0.2) is 0 Å². The number of anilines is 1. The summed E-state index contributed by atoms with van der Waals surface area (Å²) in [5.41, 5.74) is 1.44. The Morgan fingerprint density at radius 2 is 2.00 bits per heavy atom. The van der Waals surface area contributed by atoms with Crippen molar-refractivity contribution in [2.24, 2.45) is 0 Å². The first-order valence-corrected chi connectivity index (χ1v) is 7.11. The maximum atomic E-state index is 11.1. The molecule has 2 rings (SSSR count). The fraction of sp³-hybridized carbons (Fsp3) is 0.143. The van der Waals surface area contributed by atoms with Crippen LogP contribution in [0.4, 0.5) is 11.4 Å². The van der Waals surface area contributed by atoms with Gasteiger partial charge in [0.05, 0.1) is 4.92 Å². The van der Waals surface area contributed by atoms with Gasteiger partial charge in [0.1, 0.15) is 5.69 Å². The molecule has 0 heterocycles. The van der Waals surface area contributed by atoms with E-state index in [2.05, 4.69) is 21.2 Å². The van der Waals surface area contributed by atoms with Crippen LogP contribution < -0.4 is 5.32 Å². The lowest BCUT2D eigenvalue weighted by Gasteiger charge is -2.17. The first-order valence-electron chi connectivity index (χ1n) is 5.94. The Balaban J connectivity index is 2.31. The normalized spacial score (nSPS) is 11.9. The minimum absolute atomic E-state index is 0.0311. The number of rotatable bonds is 4. The summed E-state index contributed by atoms with van der Waals surface area (Å²) < 4.78 is 0.955. The summed E-state index contributed by atoms with van der Waals surface area (Å²) >= 11 is 9.27. The van der Waals surface area contributed by atoms with Gasteiger partial charge in [0.25, 0.3) is 5.69 Å². The number of benzene rings is 2. The largest absolute Gasteiger partial charge is 0.373 e. The van der Waals surface area contributed by atoms with E-state index in [4.69, 9.17) is 11.6 Å². The molecule has 0 radical (unpaired) electrons. The molecule has 0 aliphatic heterocycles. The smallest absolute Gasteiger partial charge is 0.293 e. The van der Waals surface area contributed by atoms with Crippen LogP contribution in [0.25, 0.3) is 0 Å². The Morgan fingerprint density at radius 1 is 1.30 bits per heavy atom. The lowest BCUT2D eigenvalue weighted by atomic mass is 10.1. The molecule has 2 aromatic carbocycles. The van der Waals surface area contributed by atoms with E-state index in [1.54, 1.807) is 12.1 Å². The van der Waals surface area contributed by atoms with Crippen molar-refractivity contribution in [2.75, 3.05) is 5.32 Å². The third kappa shape index (κ3) is 3.29. The summed E-state index contributed by atoms with van der Waals surface area (Å²) in [6.45, 7) is 1.94. The quantitative estimate of drug-likeness (QED) is 0.607. The van der Waals surface area contributed by atoms with Crippen molar-refractivity contribution in [3.8, 4) is 0 Å². The Hall–Kier alpha value is -1.59. The van der Waals surface area contributed by atoms with Gasteiger partial charge in [0, 0.05) is 21.6 Å². The second-order valence-electron chi connectivity index (χ2n) is 4.31. The molecule has 1 atom stereocenters. The molecule has 4 nitrogen and oxygen atoms in total. The van der Waals surface area contributed by atoms with E-state index in [0.717, 1.165) is 10.0 Å². The number of hydrogen-bond donors (Lipinski definition) is 1. The lowest BCUT2D eigenvalue weighted by Crippen LogP contribution is -2.08. The lowest BCUT2D eigenvalue weighted by molar-refractivity contribution is -0.384.